The van der Waals surface area contributed by atoms with Crippen LogP contribution < -0.4 is 0 Å². The van der Waals surface area contributed by atoms with Crippen molar-refractivity contribution >= 4 is 11.8 Å². The standard InChI is InChI=1S/C21H20F3N7O2/c1-20(2)12-29(18(32)16-25-9-8-15(27-16)21(22,23)24)10-11-30(20)19(33)17-26-13-31(28-17)14-6-4-3-5-7-14/h3-9,13H,10-12H2,1-2H3. The van der Waals surface area contributed by atoms with E-state index < -0.39 is 35.0 Å². The minimum absolute atomic E-state index is 0.00733. The summed E-state index contributed by atoms with van der Waals surface area (Å²) in [5.41, 5.74) is -1.26. The molecule has 0 atom stereocenters. The van der Waals surface area contributed by atoms with E-state index in [-0.39, 0.29) is 25.5 Å². The predicted molar refractivity (Wildman–Crippen MR) is 109 cm³/mol. The lowest BCUT2D eigenvalue weighted by atomic mass is 9.98. The summed E-state index contributed by atoms with van der Waals surface area (Å²) in [6.07, 6.45) is -2.33. The summed E-state index contributed by atoms with van der Waals surface area (Å²) in [4.78, 5) is 40.0. The zero-order chi connectivity index (χ0) is 23.8. The van der Waals surface area contributed by atoms with Crippen LogP contribution in [0.15, 0.2) is 48.9 Å². The molecule has 2 aromatic heterocycles. The third-order valence-electron chi connectivity index (χ3n) is 5.28. The van der Waals surface area contributed by atoms with Gasteiger partial charge in [-0.15, -0.1) is 5.10 Å². The van der Waals surface area contributed by atoms with Gasteiger partial charge in [0.25, 0.3) is 11.8 Å². The number of alkyl halides is 3. The lowest BCUT2D eigenvalue weighted by Gasteiger charge is -2.46. The molecule has 1 fully saturated rings. The predicted octanol–water partition coefficient (Wildman–Crippen LogP) is 2.45. The van der Waals surface area contributed by atoms with Gasteiger partial charge in [-0.1, -0.05) is 18.2 Å². The maximum Gasteiger partial charge on any atom is 0.433 e. The van der Waals surface area contributed by atoms with Crippen molar-refractivity contribution in [2.45, 2.75) is 25.6 Å². The summed E-state index contributed by atoms with van der Waals surface area (Å²) in [7, 11) is 0. The van der Waals surface area contributed by atoms with E-state index in [0.717, 1.165) is 11.9 Å². The largest absolute Gasteiger partial charge is 0.433 e. The number of carbonyl (C=O) groups excluding carboxylic acids is 2. The number of halogens is 3. The zero-order valence-electron chi connectivity index (χ0n) is 17.8. The average Bonchev–Trinajstić information content (AvgIpc) is 3.28. The van der Waals surface area contributed by atoms with Crippen LogP contribution in [-0.4, -0.2) is 71.5 Å². The normalized spacial score (nSPS) is 16.0. The minimum atomic E-state index is -4.68. The first-order valence-electron chi connectivity index (χ1n) is 10.0. The molecule has 0 bridgehead atoms. The molecule has 1 aliphatic rings. The van der Waals surface area contributed by atoms with Gasteiger partial charge in [-0.05, 0) is 32.0 Å². The Hall–Kier alpha value is -3.83. The fourth-order valence-corrected chi connectivity index (χ4v) is 3.65. The molecule has 172 valence electrons. The van der Waals surface area contributed by atoms with Gasteiger partial charge in [-0.3, -0.25) is 9.59 Å². The van der Waals surface area contributed by atoms with Gasteiger partial charge in [0.2, 0.25) is 11.6 Å². The number of hydrogen-bond donors (Lipinski definition) is 0. The Morgan fingerprint density at radius 2 is 1.70 bits per heavy atom. The maximum atomic E-state index is 13.1. The van der Waals surface area contributed by atoms with E-state index in [1.54, 1.807) is 18.7 Å². The Morgan fingerprint density at radius 3 is 2.36 bits per heavy atom. The first kappa shape index (κ1) is 22.4. The van der Waals surface area contributed by atoms with Crippen LogP contribution in [-0.2, 0) is 6.18 Å². The van der Waals surface area contributed by atoms with Crippen LogP contribution in [0, 0.1) is 0 Å². The van der Waals surface area contributed by atoms with Crippen molar-refractivity contribution in [2.75, 3.05) is 19.6 Å². The number of piperazine rings is 1. The van der Waals surface area contributed by atoms with Gasteiger partial charge in [0.1, 0.15) is 12.0 Å². The van der Waals surface area contributed by atoms with Crippen molar-refractivity contribution in [3.05, 3.63) is 66.3 Å². The number of aromatic nitrogens is 5. The Bertz CT molecular complexity index is 1180. The molecule has 2 amide bonds. The highest BCUT2D eigenvalue weighted by molar-refractivity contribution is 5.92. The van der Waals surface area contributed by atoms with Gasteiger partial charge < -0.3 is 9.80 Å². The van der Waals surface area contributed by atoms with Crippen molar-refractivity contribution in [3.63, 3.8) is 0 Å². The molecular weight excluding hydrogens is 439 g/mol. The molecule has 0 radical (unpaired) electrons. The van der Waals surface area contributed by atoms with E-state index >= 15 is 0 Å². The van der Waals surface area contributed by atoms with Gasteiger partial charge in [0, 0.05) is 25.8 Å². The molecule has 33 heavy (non-hydrogen) atoms. The summed E-state index contributed by atoms with van der Waals surface area (Å²) in [6.45, 7) is 3.84. The first-order valence-corrected chi connectivity index (χ1v) is 10.0. The van der Waals surface area contributed by atoms with E-state index in [2.05, 4.69) is 20.1 Å². The SMILES string of the molecule is CC1(C)CN(C(=O)c2nccc(C(F)(F)F)n2)CCN1C(=O)c1ncn(-c2ccccc2)n1. The van der Waals surface area contributed by atoms with Crippen LogP contribution in [0.4, 0.5) is 13.2 Å². The van der Waals surface area contributed by atoms with Crippen molar-refractivity contribution in [1.82, 2.24) is 34.5 Å². The Labute approximate surface area is 186 Å². The van der Waals surface area contributed by atoms with E-state index in [0.29, 0.717) is 6.07 Å². The minimum Gasteiger partial charge on any atom is -0.332 e. The number of benzene rings is 1. The molecule has 0 aliphatic carbocycles. The van der Waals surface area contributed by atoms with Crippen molar-refractivity contribution in [3.8, 4) is 5.69 Å². The molecule has 0 N–H and O–H groups in total. The van der Waals surface area contributed by atoms with Crippen LogP contribution >= 0.6 is 0 Å². The molecule has 1 saturated heterocycles. The van der Waals surface area contributed by atoms with Crippen LogP contribution in [0.2, 0.25) is 0 Å². The monoisotopic (exact) mass is 459 g/mol. The number of carbonyl (C=O) groups is 2. The number of hydrogen-bond acceptors (Lipinski definition) is 6. The highest BCUT2D eigenvalue weighted by atomic mass is 19.4. The van der Waals surface area contributed by atoms with Gasteiger partial charge >= 0.3 is 6.18 Å². The third kappa shape index (κ3) is 4.54. The van der Waals surface area contributed by atoms with E-state index in [4.69, 9.17) is 0 Å². The molecule has 0 unspecified atom stereocenters. The smallest absolute Gasteiger partial charge is 0.332 e. The lowest BCUT2D eigenvalue weighted by molar-refractivity contribution is -0.141. The zero-order valence-corrected chi connectivity index (χ0v) is 17.8. The van der Waals surface area contributed by atoms with E-state index in [1.165, 1.54) is 15.9 Å². The molecular formula is C21H20F3N7O2. The quantitative estimate of drug-likeness (QED) is 0.597. The fraction of sp³-hybridized carbons (Fsp3) is 0.333. The van der Waals surface area contributed by atoms with Crippen LogP contribution in [0.25, 0.3) is 5.69 Å². The summed E-state index contributed by atoms with van der Waals surface area (Å²) >= 11 is 0. The van der Waals surface area contributed by atoms with Crippen molar-refractivity contribution in [1.29, 1.82) is 0 Å². The molecule has 0 saturated carbocycles. The third-order valence-corrected chi connectivity index (χ3v) is 5.28. The average molecular weight is 459 g/mol. The molecule has 0 spiro atoms. The lowest BCUT2D eigenvalue weighted by Crippen LogP contribution is -2.62. The topological polar surface area (TPSA) is 97.1 Å². The summed E-state index contributed by atoms with van der Waals surface area (Å²) < 4.78 is 40.3. The van der Waals surface area contributed by atoms with Crippen molar-refractivity contribution in [2.24, 2.45) is 0 Å². The molecule has 3 heterocycles. The van der Waals surface area contributed by atoms with Gasteiger partial charge in [0.05, 0.1) is 11.2 Å². The summed E-state index contributed by atoms with van der Waals surface area (Å²) in [5.74, 6) is -1.67. The van der Waals surface area contributed by atoms with Crippen LogP contribution in [0.5, 0.6) is 0 Å². The van der Waals surface area contributed by atoms with Gasteiger partial charge in [-0.25, -0.2) is 19.6 Å². The molecule has 4 rings (SSSR count). The number of para-hydroxylation sites is 1. The Kier molecular flexibility index (Phi) is 5.60. The van der Waals surface area contributed by atoms with Gasteiger partial charge in [-0.2, -0.15) is 13.2 Å². The Morgan fingerprint density at radius 1 is 0.970 bits per heavy atom. The summed E-state index contributed by atoms with van der Waals surface area (Å²) in [6, 6.07) is 9.90. The second-order valence-corrected chi connectivity index (χ2v) is 8.11. The summed E-state index contributed by atoms with van der Waals surface area (Å²) in [5, 5.41) is 4.26. The molecule has 1 aliphatic heterocycles. The van der Waals surface area contributed by atoms with Crippen molar-refractivity contribution < 1.29 is 22.8 Å². The van der Waals surface area contributed by atoms with Crippen LogP contribution in [0.3, 0.4) is 0 Å². The number of amides is 2. The molecule has 9 nitrogen and oxygen atoms in total. The maximum absolute atomic E-state index is 13.1. The molecule has 12 heteroatoms. The first-order chi connectivity index (χ1) is 15.6. The number of rotatable bonds is 3. The van der Waals surface area contributed by atoms with E-state index in [9.17, 15) is 22.8 Å². The van der Waals surface area contributed by atoms with Gasteiger partial charge in [0.15, 0.2) is 0 Å². The highest BCUT2D eigenvalue weighted by Crippen LogP contribution is 2.28. The highest BCUT2D eigenvalue weighted by Gasteiger charge is 2.41. The number of nitrogens with zero attached hydrogens (tertiary/aromatic N) is 7. The van der Waals surface area contributed by atoms with Crippen LogP contribution in [0.1, 0.15) is 40.8 Å². The second kappa shape index (κ2) is 8.26. The molecule has 3 aromatic rings. The van der Waals surface area contributed by atoms with E-state index in [1.807, 2.05) is 30.3 Å². The Balaban J connectivity index is 1.49. The molecule has 1 aromatic carbocycles. The second-order valence-electron chi connectivity index (χ2n) is 8.11. The fourth-order valence-electron chi connectivity index (χ4n) is 3.65.